The lowest BCUT2D eigenvalue weighted by Gasteiger charge is -2.29. The Morgan fingerprint density at radius 3 is 1.12 bits per heavy atom. The maximum absolute atomic E-state index is 14.1. The van der Waals surface area contributed by atoms with E-state index in [2.05, 4.69) is 51.1 Å². The molecule has 0 aromatic carbocycles. The van der Waals surface area contributed by atoms with Crippen molar-refractivity contribution in [1.82, 2.24) is 37.2 Å². The smallest absolute Gasteiger partial charge is 0.326 e. The molecule has 0 heterocycles. The number of aliphatic carboxylic acids is 3. The maximum Gasteiger partial charge on any atom is 0.326 e. The summed E-state index contributed by atoms with van der Waals surface area (Å²) in [5.74, 6) is -10.6. The zero-order chi connectivity index (χ0) is 56.1. The molecule has 0 aromatic heterocycles. The Kier molecular flexibility index (Phi) is 33.1. The van der Waals surface area contributed by atoms with Crippen molar-refractivity contribution in [3.63, 3.8) is 0 Å². The predicted octanol–water partition coefficient (Wildman–Crippen LogP) is 4.17. The van der Waals surface area contributed by atoms with Crippen molar-refractivity contribution in [2.24, 2.45) is 35.5 Å². The second-order valence-corrected chi connectivity index (χ2v) is 22.0. The molecule has 0 unspecified atom stereocenters. The minimum absolute atomic E-state index is 0.0423. The van der Waals surface area contributed by atoms with E-state index >= 15 is 0 Å². The number of amides is 7. The molecule has 0 fully saturated rings. The quantitative estimate of drug-likeness (QED) is 0.0385. The van der Waals surface area contributed by atoms with Gasteiger partial charge in [-0.3, -0.25) is 43.2 Å². The number of hydrogen-bond acceptors (Lipinski definition) is 11. The summed E-state index contributed by atoms with van der Waals surface area (Å²) in [4.78, 5) is 131. The third-order valence-corrected chi connectivity index (χ3v) is 11.9. The number of carboxylic acid groups (broad SMARTS) is 3. The van der Waals surface area contributed by atoms with Gasteiger partial charge >= 0.3 is 17.9 Å². The van der Waals surface area contributed by atoms with E-state index in [1.165, 1.54) is 12.8 Å². The summed E-state index contributed by atoms with van der Waals surface area (Å²) >= 11 is 0. The molecule has 0 aliphatic carbocycles. The Balaban J connectivity index is 6.26. The molecule has 21 heteroatoms. The molecule has 8 atom stereocenters. The molecule has 0 aromatic rings. The summed E-state index contributed by atoms with van der Waals surface area (Å²) in [6, 6.07) is -9.65. The van der Waals surface area contributed by atoms with E-state index in [0.29, 0.717) is 18.8 Å². The Bertz CT molecular complexity index is 1770. The molecule has 11 N–H and O–H groups in total. The van der Waals surface area contributed by atoms with E-state index in [0.717, 1.165) is 25.7 Å². The number of rotatable bonds is 39. The fraction of sp³-hybridized carbons (Fsp3) is 0.808. The fourth-order valence-corrected chi connectivity index (χ4v) is 8.07. The monoisotopic (exact) mass is 1040 g/mol. The number of aliphatic hydroxyl groups is 1. The summed E-state index contributed by atoms with van der Waals surface area (Å²) in [7, 11) is 0. The fourth-order valence-electron chi connectivity index (χ4n) is 8.07. The van der Waals surface area contributed by atoms with Crippen molar-refractivity contribution in [2.75, 3.05) is 0 Å². The first-order chi connectivity index (χ1) is 33.9. The van der Waals surface area contributed by atoms with E-state index in [4.69, 9.17) is 0 Å². The van der Waals surface area contributed by atoms with Crippen LogP contribution in [0, 0.1) is 35.5 Å². The molecule has 420 valence electrons. The standard InChI is InChI=1S/C52H93N7O14/c1-29(2)19-17-15-13-14-16-18-20-35(60)27-42(61)53-36(21-22-43(62)63)46(66)54-37(23-30(3)4)47(67)56-39(25-32(7)8)50(70)59-45(34(11)12)51(71)57-40(28-44(64)65)49(69)55-38(24-31(5)6)48(68)58-41(52(72)73)26-33(9)10/h29-41,45,60H,13-28H2,1-12H3,(H,53,61)(H,54,66)(H,55,69)(H,56,67)(H,57,71)(H,58,68)(H,59,70)(H,62,63)(H,64,65)(H,72,73)/t35-,36+,37+,38-,39-,40+,41+,45+/m1/s1. The molecule has 0 aliphatic heterocycles. The Hall–Kier alpha value is -5.34. The minimum Gasteiger partial charge on any atom is -0.481 e. The predicted molar refractivity (Wildman–Crippen MR) is 275 cm³/mol. The minimum atomic E-state index is -1.75. The molecule has 7 amide bonds. The molecule has 73 heavy (non-hydrogen) atoms. The summed E-state index contributed by atoms with van der Waals surface area (Å²) in [6.45, 7) is 21.7. The first-order valence-corrected chi connectivity index (χ1v) is 26.4. The van der Waals surface area contributed by atoms with Crippen molar-refractivity contribution in [1.29, 1.82) is 0 Å². The number of carboxylic acids is 3. The average Bonchev–Trinajstić information content (AvgIpc) is 3.25. The van der Waals surface area contributed by atoms with Crippen molar-refractivity contribution in [3.8, 4) is 0 Å². The van der Waals surface area contributed by atoms with Gasteiger partial charge in [0.2, 0.25) is 41.4 Å². The summed E-state index contributed by atoms with van der Waals surface area (Å²) in [5.41, 5.74) is 0. The van der Waals surface area contributed by atoms with E-state index in [1.54, 1.807) is 69.2 Å². The van der Waals surface area contributed by atoms with Crippen LogP contribution >= 0.6 is 0 Å². The third-order valence-electron chi connectivity index (χ3n) is 11.9. The zero-order valence-electron chi connectivity index (χ0n) is 45.8. The summed E-state index contributed by atoms with van der Waals surface area (Å²) < 4.78 is 0. The van der Waals surface area contributed by atoms with E-state index < -0.39 is 126 Å². The lowest BCUT2D eigenvalue weighted by molar-refractivity contribution is -0.143. The third kappa shape index (κ3) is 31.1. The molecule has 0 rings (SSSR count). The number of aliphatic hydroxyl groups excluding tert-OH is 1. The van der Waals surface area contributed by atoms with Crippen molar-refractivity contribution < 1.29 is 68.4 Å². The van der Waals surface area contributed by atoms with Crippen LogP contribution < -0.4 is 37.2 Å². The molecule has 21 nitrogen and oxygen atoms in total. The average molecular weight is 1040 g/mol. The second-order valence-electron chi connectivity index (χ2n) is 22.0. The topological polar surface area (TPSA) is 336 Å². The van der Waals surface area contributed by atoms with Gasteiger partial charge in [0.1, 0.15) is 42.3 Å². The van der Waals surface area contributed by atoms with Gasteiger partial charge in [-0.1, -0.05) is 128 Å². The molecule has 0 spiro atoms. The molecular weight excluding hydrogens is 947 g/mol. The Morgan fingerprint density at radius 1 is 0.356 bits per heavy atom. The summed E-state index contributed by atoms with van der Waals surface area (Å²) in [6.07, 6.45) is 4.81. The largest absolute Gasteiger partial charge is 0.481 e. The van der Waals surface area contributed by atoms with Gasteiger partial charge in [0.25, 0.3) is 0 Å². The van der Waals surface area contributed by atoms with Crippen molar-refractivity contribution in [3.05, 3.63) is 0 Å². The van der Waals surface area contributed by atoms with Crippen LogP contribution in [0.4, 0.5) is 0 Å². The number of carbonyl (C=O) groups is 10. The van der Waals surface area contributed by atoms with Crippen LogP contribution in [-0.2, 0) is 47.9 Å². The number of nitrogens with one attached hydrogen (secondary N) is 7. The van der Waals surface area contributed by atoms with Crippen LogP contribution in [0.5, 0.6) is 0 Å². The highest BCUT2D eigenvalue weighted by molar-refractivity contribution is 5.98. The highest BCUT2D eigenvalue weighted by Gasteiger charge is 2.36. The van der Waals surface area contributed by atoms with Gasteiger partial charge in [0, 0.05) is 6.42 Å². The highest BCUT2D eigenvalue weighted by atomic mass is 16.4. The van der Waals surface area contributed by atoms with Crippen LogP contribution in [0.2, 0.25) is 0 Å². The molecule has 0 saturated carbocycles. The van der Waals surface area contributed by atoms with E-state index in [9.17, 15) is 68.4 Å². The van der Waals surface area contributed by atoms with Crippen LogP contribution in [0.15, 0.2) is 0 Å². The lowest BCUT2D eigenvalue weighted by Crippen LogP contribution is -2.61. The Morgan fingerprint density at radius 2 is 0.726 bits per heavy atom. The molecule has 0 saturated heterocycles. The zero-order valence-corrected chi connectivity index (χ0v) is 45.8. The van der Waals surface area contributed by atoms with Crippen LogP contribution in [0.25, 0.3) is 0 Å². The highest BCUT2D eigenvalue weighted by Crippen LogP contribution is 2.16. The molecule has 0 radical (unpaired) electrons. The molecular formula is C52H93N7O14. The summed E-state index contributed by atoms with van der Waals surface area (Å²) in [5, 5.41) is 57.2. The number of carbonyl (C=O) groups excluding carboxylic acids is 7. The van der Waals surface area contributed by atoms with E-state index in [-0.39, 0.29) is 62.2 Å². The van der Waals surface area contributed by atoms with Gasteiger partial charge < -0.3 is 57.6 Å². The van der Waals surface area contributed by atoms with Crippen molar-refractivity contribution >= 4 is 59.3 Å². The van der Waals surface area contributed by atoms with Gasteiger partial charge in [-0.15, -0.1) is 0 Å². The van der Waals surface area contributed by atoms with Gasteiger partial charge in [0.15, 0.2) is 0 Å². The van der Waals surface area contributed by atoms with E-state index in [1.807, 2.05) is 0 Å². The molecule has 0 aliphatic rings. The van der Waals surface area contributed by atoms with Gasteiger partial charge in [-0.25, -0.2) is 4.79 Å². The van der Waals surface area contributed by atoms with Crippen LogP contribution in [0.3, 0.4) is 0 Å². The van der Waals surface area contributed by atoms with Gasteiger partial charge in [-0.05, 0) is 74.0 Å². The Labute approximate surface area is 433 Å². The SMILES string of the molecule is CC(C)CCCCCCCC[C@@H](O)CC(=O)N[C@@H](CCC(=O)O)C(=O)N[C@@H](CC(C)C)C(=O)N[C@H](CC(C)C)C(=O)N[C@H](C(=O)N[C@@H](CC(=O)O)C(=O)N[C@H](CC(C)C)C(=O)N[C@@H](CC(C)C)C(=O)O)C(C)C. The first-order valence-electron chi connectivity index (χ1n) is 26.4. The second kappa shape index (κ2) is 35.7. The lowest BCUT2D eigenvalue weighted by atomic mass is 9.98. The van der Waals surface area contributed by atoms with Crippen LogP contribution in [-0.4, -0.2) is 128 Å². The van der Waals surface area contributed by atoms with Gasteiger partial charge in [0.05, 0.1) is 18.9 Å². The molecule has 0 bridgehead atoms. The van der Waals surface area contributed by atoms with Crippen LogP contribution in [0.1, 0.15) is 186 Å². The first kappa shape index (κ1) is 67.7. The van der Waals surface area contributed by atoms with Crippen molar-refractivity contribution in [2.45, 2.75) is 234 Å². The number of unbranched alkanes of at least 4 members (excludes halogenated alkanes) is 5. The normalized spacial score (nSPS) is 14.9. The maximum atomic E-state index is 14.1. The number of hydrogen-bond donors (Lipinski definition) is 11. The van der Waals surface area contributed by atoms with Gasteiger partial charge in [-0.2, -0.15) is 0 Å².